The van der Waals surface area contributed by atoms with Gasteiger partial charge in [0.1, 0.15) is 0 Å². The van der Waals surface area contributed by atoms with Crippen molar-refractivity contribution < 1.29 is 14.9 Å². The van der Waals surface area contributed by atoms with Crippen LogP contribution in [0.3, 0.4) is 0 Å². The van der Waals surface area contributed by atoms with Crippen LogP contribution in [0.5, 0.6) is 0 Å². The molecule has 2 aliphatic rings. The molecule has 0 bridgehead atoms. The fourth-order valence-corrected chi connectivity index (χ4v) is 3.20. The van der Waals surface area contributed by atoms with E-state index >= 15 is 0 Å². The minimum absolute atomic E-state index is 0.178. The summed E-state index contributed by atoms with van der Waals surface area (Å²) in [6.07, 6.45) is 6.69. The maximum Gasteiger partial charge on any atom is 0.0683 e. The van der Waals surface area contributed by atoms with E-state index < -0.39 is 0 Å². The highest BCUT2D eigenvalue weighted by Crippen LogP contribution is 2.22. The zero-order chi connectivity index (χ0) is 12.8. The molecule has 0 saturated carbocycles. The topological polar surface area (TPSA) is 52.9 Å². The number of hydrogen-bond donors (Lipinski definition) is 2. The minimum Gasteiger partial charge on any atom is -0.395 e. The molecule has 2 saturated heterocycles. The maximum atomic E-state index is 9.59. The lowest BCUT2D eigenvalue weighted by molar-refractivity contribution is 0.0626. The second kappa shape index (κ2) is 7.43. The first-order chi connectivity index (χ1) is 8.79. The Morgan fingerprint density at radius 1 is 1.17 bits per heavy atom. The van der Waals surface area contributed by atoms with Gasteiger partial charge < -0.3 is 14.9 Å². The van der Waals surface area contributed by atoms with E-state index in [0.29, 0.717) is 0 Å². The molecule has 0 aromatic heterocycles. The van der Waals surface area contributed by atoms with Gasteiger partial charge in [-0.2, -0.15) is 0 Å². The van der Waals surface area contributed by atoms with Crippen LogP contribution in [-0.2, 0) is 4.74 Å². The lowest BCUT2D eigenvalue weighted by Gasteiger charge is -2.24. The molecule has 4 nitrogen and oxygen atoms in total. The molecule has 2 rings (SSSR count). The number of likely N-dealkylation sites (tertiary alicyclic amines) is 1. The molecular formula is C14H27NO3. The van der Waals surface area contributed by atoms with E-state index in [9.17, 15) is 10.2 Å². The molecular weight excluding hydrogens is 230 g/mol. The predicted octanol–water partition coefficient (Wildman–Crippen LogP) is 1.01. The van der Waals surface area contributed by atoms with Crippen LogP contribution in [0.15, 0.2) is 0 Å². The van der Waals surface area contributed by atoms with Crippen molar-refractivity contribution in [1.29, 1.82) is 0 Å². The first kappa shape index (κ1) is 14.3. The fraction of sp³-hybridized carbons (Fsp3) is 1.00. The van der Waals surface area contributed by atoms with E-state index in [2.05, 4.69) is 4.90 Å². The summed E-state index contributed by atoms with van der Waals surface area (Å²) in [5.74, 6) is 0.858. The summed E-state index contributed by atoms with van der Waals surface area (Å²) in [5.41, 5.74) is 0. The first-order valence-corrected chi connectivity index (χ1v) is 7.40. The number of unbranched alkanes of at least 4 members (excludes halogenated alkanes) is 1. The van der Waals surface area contributed by atoms with Crippen molar-refractivity contribution in [3.63, 3.8) is 0 Å². The van der Waals surface area contributed by atoms with Crippen molar-refractivity contribution in [2.24, 2.45) is 5.92 Å². The van der Waals surface area contributed by atoms with Crippen LogP contribution in [0, 0.1) is 5.92 Å². The van der Waals surface area contributed by atoms with E-state index in [0.717, 1.165) is 38.6 Å². The molecule has 18 heavy (non-hydrogen) atoms. The van der Waals surface area contributed by atoms with Crippen molar-refractivity contribution in [2.75, 3.05) is 32.9 Å². The monoisotopic (exact) mass is 257 g/mol. The van der Waals surface area contributed by atoms with Gasteiger partial charge >= 0.3 is 0 Å². The van der Waals surface area contributed by atoms with E-state index in [1.54, 1.807) is 0 Å². The van der Waals surface area contributed by atoms with Crippen LogP contribution >= 0.6 is 0 Å². The number of β-amino-alcohol motifs (C(OH)–C–C–N with tert-alkyl or cyclic N) is 1. The molecule has 2 atom stereocenters. The molecule has 0 radical (unpaired) electrons. The summed E-state index contributed by atoms with van der Waals surface area (Å²) < 4.78 is 5.36. The second-order valence-corrected chi connectivity index (χ2v) is 5.77. The smallest absolute Gasteiger partial charge is 0.0683 e. The highest BCUT2D eigenvalue weighted by molar-refractivity contribution is 4.84. The lowest BCUT2D eigenvalue weighted by Crippen LogP contribution is -2.33. The quantitative estimate of drug-likeness (QED) is 0.697. The number of aliphatic hydroxyl groups is 2. The average molecular weight is 257 g/mol. The molecule has 0 unspecified atom stereocenters. The van der Waals surface area contributed by atoms with Crippen LogP contribution in [0.25, 0.3) is 0 Å². The summed E-state index contributed by atoms with van der Waals surface area (Å²) in [4.78, 5) is 2.24. The first-order valence-electron chi connectivity index (χ1n) is 7.40. The molecule has 0 spiro atoms. The standard InChI is InChI=1S/C14H27NO3/c16-11-13-9-14(17)10-15(13)6-2-1-3-12-4-7-18-8-5-12/h12-14,16-17H,1-11H2/t13-,14-/m0/s1. The number of ether oxygens (including phenoxy) is 1. The van der Waals surface area contributed by atoms with Crippen LogP contribution in [0.2, 0.25) is 0 Å². The molecule has 0 aromatic carbocycles. The van der Waals surface area contributed by atoms with Crippen LogP contribution in [0.1, 0.15) is 38.5 Å². The Kier molecular flexibility index (Phi) is 5.89. The summed E-state index contributed by atoms with van der Waals surface area (Å²) in [7, 11) is 0. The van der Waals surface area contributed by atoms with E-state index in [-0.39, 0.29) is 18.8 Å². The van der Waals surface area contributed by atoms with Crippen molar-refractivity contribution in [2.45, 2.75) is 50.7 Å². The highest BCUT2D eigenvalue weighted by atomic mass is 16.5. The molecule has 0 amide bonds. The number of aliphatic hydroxyl groups excluding tert-OH is 2. The van der Waals surface area contributed by atoms with Crippen LogP contribution in [0.4, 0.5) is 0 Å². The molecule has 0 aromatic rings. The molecule has 2 N–H and O–H groups in total. The summed E-state index contributed by atoms with van der Waals surface area (Å²) >= 11 is 0. The van der Waals surface area contributed by atoms with E-state index in [1.807, 2.05) is 0 Å². The Hall–Kier alpha value is -0.160. The normalized spacial score (nSPS) is 31.0. The van der Waals surface area contributed by atoms with Crippen molar-refractivity contribution >= 4 is 0 Å². The van der Waals surface area contributed by atoms with Gasteiger partial charge in [0, 0.05) is 25.8 Å². The zero-order valence-electron chi connectivity index (χ0n) is 11.3. The summed E-state index contributed by atoms with van der Waals surface area (Å²) in [6.45, 7) is 3.82. The third-order valence-electron chi connectivity index (χ3n) is 4.37. The third-order valence-corrected chi connectivity index (χ3v) is 4.37. The minimum atomic E-state index is -0.238. The van der Waals surface area contributed by atoms with Gasteiger partial charge in [0.15, 0.2) is 0 Å². The van der Waals surface area contributed by atoms with Gasteiger partial charge in [-0.25, -0.2) is 0 Å². The number of nitrogens with zero attached hydrogens (tertiary/aromatic N) is 1. The van der Waals surface area contributed by atoms with Crippen molar-refractivity contribution in [3.8, 4) is 0 Å². The van der Waals surface area contributed by atoms with E-state index in [1.165, 1.54) is 32.1 Å². The molecule has 106 valence electrons. The Bertz CT molecular complexity index is 231. The molecule has 0 aliphatic carbocycles. The Morgan fingerprint density at radius 3 is 2.67 bits per heavy atom. The lowest BCUT2D eigenvalue weighted by atomic mass is 9.94. The zero-order valence-corrected chi connectivity index (χ0v) is 11.3. The molecule has 2 aliphatic heterocycles. The Labute approximate surface area is 110 Å². The van der Waals surface area contributed by atoms with Gasteiger partial charge in [-0.1, -0.05) is 12.8 Å². The van der Waals surface area contributed by atoms with E-state index in [4.69, 9.17) is 4.74 Å². The fourth-order valence-electron chi connectivity index (χ4n) is 3.20. The largest absolute Gasteiger partial charge is 0.395 e. The molecule has 2 fully saturated rings. The van der Waals surface area contributed by atoms with Gasteiger partial charge in [0.2, 0.25) is 0 Å². The second-order valence-electron chi connectivity index (χ2n) is 5.77. The number of rotatable bonds is 6. The SMILES string of the molecule is OC[C@@H]1C[C@H](O)CN1CCCCC1CCOCC1. The highest BCUT2D eigenvalue weighted by Gasteiger charge is 2.29. The van der Waals surface area contributed by atoms with Gasteiger partial charge in [0.05, 0.1) is 12.7 Å². The van der Waals surface area contributed by atoms with Crippen LogP contribution < -0.4 is 0 Å². The Morgan fingerprint density at radius 2 is 1.94 bits per heavy atom. The van der Waals surface area contributed by atoms with Crippen LogP contribution in [-0.4, -0.2) is 60.2 Å². The van der Waals surface area contributed by atoms with Gasteiger partial charge in [0.25, 0.3) is 0 Å². The van der Waals surface area contributed by atoms with Gasteiger partial charge in [-0.3, -0.25) is 4.90 Å². The predicted molar refractivity (Wildman–Crippen MR) is 70.5 cm³/mol. The third kappa shape index (κ3) is 4.19. The summed E-state index contributed by atoms with van der Waals surface area (Å²) in [5, 5.41) is 18.8. The molecule has 2 heterocycles. The Balaban J connectivity index is 1.57. The maximum absolute atomic E-state index is 9.59. The summed E-state index contributed by atoms with van der Waals surface area (Å²) in [6, 6.07) is 0.183. The van der Waals surface area contributed by atoms with Gasteiger partial charge in [-0.05, 0) is 38.1 Å². The average Bonchev–Trinajstić information content (AvgIpc) is 2.76. The van der Waals surface area contributed by atoms with Gasteiger partial charge in [-0.15, -0.1) is 0 Å². The van der Waals surface area contributed by atoms with Crippen molar-refractivity contribution in [3.05, 3.63) is 0 Å². The van der Waals surface area contributed by atoms with Crippen molar-refractivity contribution in [1.82, 2.24) is 4.90 Å². The number of hydrogen-bond acceptors (Lipinski definition) is 4. The molecule has 4 heteroatoms.